The van der Waals surface area contributed by atoms with E-state index < -0.39 is 38.8 Å². The van der Waals surface area contributed by atoms with E-state index in [9.17, 15) is 12.8 Å². The molecule has 0 aliphatic rings. The van der Waals surface area contributed by atoms with Crippen LogP contribution in [0.5, 0.6) is 5.88 Å². The highest BCUT2D eigenvalue weighted by Gasteiger charge is 2.25. The van der Waals surface area contributed by atoms with Crippen molar-refractivity contribution in [3.8, 4) is 34.9 Å². The van der Waals surface area contributed by atoms with E-state index in [0.29, 0.717) is 16.6 Å². The van der Waals surface area contributed by atoms with Gasteiger partial charge in [-0.2, -0.15) is 5.26 Å². The molecule has 36 heavy (non-hydrogen) atoms. The number of hydrogen-bond acceptors (Lipinski definition) is 9. The molecule has 0 bridgehead atoms. The fourth-order valence-electron chi connectivity index (χ4n) is 3.36. The van der Waals surface area contributed by atoms with Gasteiger partial charge >= 0.3 is 0 Å². The van der Waals surface area contributed by atoms with Crippen molar-refractivity contribution in [2.45, 2.75) is 4.90 Å². The van der Waals surface area contributed by atoms with Crippen LogP contribution >= 0.6 is 0 Å². The van der Waals surface area contributed by atoms with Crippen LogP contribution in [0, 0.1) is 23.0 Å². The molecule has 0 saturated carbocycles. The van der Waals surface area contributed by atoms with E-state index in [-0.39, 0.29) is 22.2 Å². The van der Waals surface area contributed by atoms with Crippen LogP contribution in [-0.2, 0) is 10.0 Å². The summed E-state index contributed by atoms with van der Waals surface area (Å²) in [5.41, 5.74) is -0.421. The average molecular weight is 509 g/mol. The average Bonchev–Trinajstić information content (AvgIpc) is 3.53. The number of fused-ring (bicyclic) bond motifs is 1. The van der Waals surface area contributed by atoms with Crippen molar-refractivity contribution < 1.29 is 26.4 Å². The topological polar surface area (TPSA) is 160 Å². The number of aromatic amines is 1. The smallest absolute Gasteiger partial charge is 0.262 e. The summed E-state index contributed by atoms with van der Waals surface area (Å²) < 4.78 is 68.1. The number of benzene rings is 2. The van der Waals surface area contributed by atoms with Gasteiger partial charge in [0.25, 0.3) is 15.9 Å². The van der Waals surface area contributed by atoms with Crippen LogP contribution in [-0.4, -0.2) is 40.9 Å². The maximum Gasteiger partial charge on any atom is 0.262 e. The predicted molar refractivity (Wildman–Crippen MR) is 121 cm³/mol. The summed E-state index contributed by atoms with van der Waals surface area (Å²) >= 11 is 0. The van der Waals surface area contributed by atoms with Crippen molar-refractivity contribution >= 4 is 26.7 Å². The predicted octanol–water partition coefficient (Wildman–Crippen LogP) is 3.63. The standard InChI is InChI=1S/C22H13F2N7O4S/c1-34-21-14-8-12(10-26-19(14)27-29-21)20-28-30-22(35-20)17-15(23)5-6-16(18(17)24)31-36(32,33)13-4-2-3-11(7-13)9-25/h2-8,10,31H,1H3,(H,26,27,29). The second-order valence-electron chi connectivity index (χ2n) is 7.29. The molecule has 0 fully saturated rings. The maximum absolute atomic E-state index is 15.3. The first kappa shape index (κ1) is 22.9. The van der Waals surface area contributed by atoms with Gasteiger partial charge in [-0.1, -0.05) is 6.07 Å². The summed E-state index contributed by atoms with van der Waals surface area (Å²) in [5.74, 6) is -2.67. The van der Waals surface area contributed by atoms with Crippen LogP contribution < -0.4 is 9.46 Å². The number of aromatic nitrogens is 5. The summed E-state index contributed by atoms with van der Waals surface area (Å²) in [4.78, 5) is 3.89. The summed E-state index contributed by atoms with van der Waals surface area (Å²) in [6.45, 7) is 0. The lowest BCUT2D eigenvalue weighted by atomic mass is 10.1. The van der Waals surface area contributed by atoms with E-state index in [1.165, 1.54) is 31.5 Å². The molecule has 0 unspecified atom stereocenters. The van der Waals surface area contributed by atoms with Crippen molar-refractivity contribution in [3.05, 3.63) is 65.9 Å². The minimum Gasteiger partial charge on any atom is -0.479 e. The number of rotatable bonds is 6. The summed E-state index contributed by atoms with van der Waals surface area (Å²) in [6, 6.07) is 10.3. The second kappa shape index (κ2) is 8.71. The van der Waals surface area contributed by atoms with Gasteiger partial charge in [0, 0.05) is 6.20 Å². The molecule has 2 aromatic carbocycles. The highest BCUT2D eigenvalue weighted by atomic mass is 32.2. The number of methoxy groups -OCH3 is 1. The molecular formula is C22H13F2N7O4S. The summed E-state index contributed by atoms with van der Waals surface area (Å²) in [7, 11) is -2.87. The number of sulfonamides is 1. The van der Waals surface area contributed by atoms with Crippen LogP contribution in [0.25, 0.3) is 33.9 Å². The third-order valence-electron chi connectivity index (χ3n) is 5.07. The lowest BCUT2D eigenvalue weighted by molar-refractivity contribution is 0.401. The zero-order valence-electron chi connectivity index (χ0n) is 18.2. The maximum atomic E-state index is 15.3. The monoisotopic (exact) mass is 509 g/mol. The molecule has 11 nitrogen and oxygen atoms in total. The normalized spacial score (nSPS) is 11.4. The zero-order chi connectivity index (χ0) is 25.4. The Morgan fingerprint density at radius 2 is 1.94 bits per heavy atom. The fraction of sp³-hybridized carbons (Fsp3) is 0.0455. The molecule has 0 radical (unpaired) electrons. The Hall–Kier alpha value is -4.90. The molecular weight excluding hydrogens is 496 g/mol. The molecule has 0 aliphatic heterocycles. The Morgan fingerprint density at radius 3 is 2.72 bits per heavy atom. The Labute approximate surface area is 201 Å². The molecule has 0 amide bonds. The van der Waals surface area contributed by atoms with Crippen molar-refractivity contribution in [1.82, 2.24) is 25.4 Å². The molecule has 2 N–H and O–H groups in total. The molecule has 14 heteroatoms. The Kier molecular flexibility index (Phi) is 5.53. The van der Waals surface area contributed by atoms with Gasteiger partial charge < -0.3 is 9.15 Å². The van der Waals surface area contributed by atoms with E-state index in [2.05, 4.69) is 30.1 Å². The first-order valence-corrected chi connectivity index (χ1v) is 11.5. The number of pyridine rings is 1. The number of halogens is 2. The number of nitrogens with zero attached hydrogens (tertiary/aromatic N) is 5. The van der Waals surface area contributed by atoms with E-state index in [4.69, 9.17) is 14.4 Å². The molecule has 0 saturated heterocycles. The van der Waals surface area contributed by atoms with Gasteiger partial charge in [0.2, 0.25) is 11.8 Å². The molecule has 3 heterocycles. The van der Waals surface area contributed by atoms with Crippen LogP contribution in [0.1, 0.15) is 5.56 Å². The van der Waals surface area contributed by atoms with Gasteiger partial charge in [0.1, 0.15) is 11.4 Å². The largest absolute Gasteiger partial charge is 0.479 e. The second-order valence-corrected chi connectivity index (χ2v) is 8.98. The number of anilines is 1. The van der Waals surface area contributed by atoms with Gasteiger partial charge in [0.05, 0.1) is 40.3 Å². The van der Waals surface area contributed by atoms with Crippen molar-refractivity contribution in [3.63, 3.8) is 0 Å². The van der Waals surface area contributed by atoms with Gasteiger partial charge in [-0.3, -0.25) is 9.82 Å². The SMILES string of the molecule is COc1n[nH]c2ncc(-c3nnc(-c4c(F)ccc(NS(=O)(=O)c5cccc(C#N)c5)c4F)o3)cc12. The first-order chi connectivity index (χ1) is 17.3. The van der Waals surface area contributed by atoms with E-state index in [1.807, 2.05) is 6.07 Å². The molecule has 0 aliphatic carbocycles. The number of nitriles is 1. The zero-order valence-corrected chi connectivity index (χ0v) is 19.0. The van der Waals surface area contributed by atoms with Gasteiger partial charge in [-0.05, 0) is 36.4 Å². The van der Waals surface area contributed by atoms with Crippen molar-refractivity contribution in [2.24, 2.45) is 0 Å². The summed E-state index contributed by atoms with van der Waals surface area (Å²) in [6.07, 6.45) is 1.39. The van der Waals surface area contributed by atoms with Crippen molar-refractivity contribution in [2.75, 3.05) is 11.8 Å². The van der Waals surface area contributed by atoms with E-state index in [0.717, 1.165) is 18.2 Å². The van der Waals surface area contributed by atoms with Gasteiger partial charge in [0.15, 0.2) is 11.5 Å². The highest BCUT2D eigenvalue weighted by Crippen LogP contribution is 2.33. The number of nitrogens with one attached hydrogen (secondary N) is 2. The first-order valence-electron chi connectivity index (χ1n) is 10.0. The van der Waals surface area contributed by atoms with Gasteiger partial charge in [-0.15, -0.1) is 15.3 Å². The van der Waals surface area contributed by atoms with Crippen LogP contribution in [0.15, 0.2) is 58.0 Å². The number of H-pyrrole nitrogens is 1. The van der Waals surface area contributed by atoms with Crippen LogP contribution in [0.4, 0.5) is 14.5 Å². The number of hydrogen-bond donors (Lipinski definition) is 2. The lowest BCUT2D eigenvalue weighted by Crippen LogP contribution is -2.14. The molecule has 5 rings (SSSR count). The minimum atomic E-state index is -4.30. The molecule has 0 atom stereocenters. The molecule has 3 aromatic heterocycles. The lowest BCUT2D eigenvalue weighted by Gasteiger charge is -2.11. The van der Waals surface area contributed by atoms with Crippen molar-refractivity contribution in [1.29, 1.82) is 5.26 Å². The molecule has 180 valence electrons. The van der Waals surface area contributed by atoms with Crippen LogP contribution in [0.3, 0.4) is 0 Å². The summed E-state index contributed by atoms with van der Waals surface area (Å²) in [5, 5.41) is 23.7. The molecule has 5 aromatic rings. The van der Waals surface area contributed by atoms with Gasteiger partial charge in [-0.25, -0.2) is 22.2 Å². The van der Waals surface area contributed by atoms with E-state index in [1.54, 1.807) is 6.07 Å². The Balaban J connectivity index is 1.51. The number of ether oxygens (including phenoxy) is 1. The highest BCUT2D eigenvalue weighted by molar-refractivity contribution is 7.92. The third kappa shape index (κ3) is 3.97. The van der Waals surface area contributed by atoms with Crippen LogP contribution in [0.2, 0.25) is 0 Å². The quantitative estimate of drug-likeness (QED) is 0.348. The Morgan fingerprint density at radius 1 is 1.14 bits per heavy atom. The minimum absolute atomic E-state index is 0.0947. The molecule has 0 spiro atoms. The fourth-order valence-corrected chi connectivity index (χ4v) is 4.46. The Bertz CT molecular complexity index is 1780. The third-order valence-corrected chi connectivity index (χ3v) is 6.43. The van der Waals surface area contributed by atoms with E-state index >= 15 is 4.39 Å².